The standard InChI is InChI=1S/C18H20ClN7O/c1-12-10-15(21-24(12)2)18(27)25-9-4-3-8-16(25)17-20-23-26(22-17)14-7-5-6-13(19)11-14/h5-7,10-11,16H,3-4,8-9H2,1-2H3. The first kappa shape index (κ1) is 17.7. The Morgan fingerprint density at radius 3 is 2.81 bits per heavy atom. The minimum atomic E-state index is -0.207. The van der Waals surface area contributed by atoms with Gasteiger partial charge in [-0.1, -0.05) is 17.7 Å². The van der Waals surface area contributed by atoms with Crippen LogP contribution in [0.4, 0.5) is 0 Å². The van der Waals surface area contributed by atoms with Crippen molar-refractivity contribution in [2.75, 3.05) is 6.54 Å². The van der Waals surface area contributed by atoms with Gasteiger partial charge in [0.15, 0.2) is 11.5 Å². The van der Waals surface area contributed by atoms with Crippen molar-refractivity contribution in [3.05, 3.63) is 52.6 Å². The third-order valence-electron chi connectivity index (χ3n) is 4.86. The maximum atomic E-state index is 13.0. The van der Waals surface area contributed by atoms with E-state index in [1.165, 1.54) is 4.80 Å². The van der Waals surface area contributed by atoms with Crippen LogP contribution in [0.1, 0.15) is 47.3 Å². The lowest BCUT2D eigenvalue weighted by molar-refractivity contribution is 0.0593. The lowest BCUT2D eigenvalue weighted by atomic mass is 10.0. The molecule has 3 heterocycles. The van der Waals surface area contributed by atoms with Gasteiger partial charge < -0.3 is 4.90 Å². The highest BCUT2D eigenvalue weighted by Gasteiger charge is 2.33. The van der Waals surface area contributed by atoms with E-state index in [1.807, 2.05) is 37.1 Å². The molecule has 2 aromatic heterocycles. The number of nitrogens with zero attached hydrogens (tertiary/aromatic N) is 7. The van der Waals surface area contributed by atoms with E-state index in [-0.39, 0.29) is 11.9 Å². The third-order valence-corrected chi connectivity index (χ3v) is 5.10. The highest BCUT2D eigenvalue weighted by atomic mass is 35.5. The molecule has 0 N–H and O–H groups in total. The molecule has 1 atom stereocenters. The normalized spacial score (nSPS) is 17.3. The largest absolute Gasteiger partial charge is 0.327 e. The lowest BCUT2D eigenvalue weighted by Gasteiger charge is -2.33. The molecule has 1 amide bonds. The fourth-order valence-electron chi connectivity index (χ4n) is 3.32. The Kier molecular flexibility index (Phi) is 4.65. The van der Waals surface area contributed by atoms with Crippen molar-refractivity contribution >= 4 is 17.5 Å². The summed E-state index contributed by atoms with van der Waals surface area (Å²) in [6, 6.07) is 8.86. The fourth-order valence-corrected chi connectivity index (χ4v) is 3.51. The predicted octanol–water partition coefficient (Wildman–Crippen LogP) is 2.73. The lowest BCUT2D eigenvalue weighted by Crippen LogP contribution is -2.39. The van der Waals surface area contributed by atoms with E-state index in [4.69, 9.17) is 11.6 Å². The number of aryl methyl sites for hydroxylation is 2. The maximum absolute atomic E-state index is 13.0. The van der Waals surface area contributed by atoms with Gasteiger partial charge in [-0.3, -0.25) is 9.48 Å². The summed E-state index contributed by atoms with van der Waals surface area (Å²) in [7, 11) is 1.83. The molecule has 0 radical (unpaired) electrons. The van der Waals surface area contributed by atoms with E-state index in [0.29, 0.717) is 23.1 Å². The first-order valence-electron chi connectivity index (χ1n) is 8.90. The van der Waals surface area contributed by atoms with Crippen molar-refractivity contribution in [1.82, 2.24) is 34.9 Å². The van der Waals surface area contributed by atoms with Crippen molar-refractivity contribution in [1.29, 1.82) is 0 Å². The molecule has 1 unspecified atom stereocenters. The Hall–Kier alpha value is -2.74. The molecule has 0 saturated carbocycles. The van der Waals surface area contributed by atoms with Crippen molar-refractivity contribution < 1.29 is 4.79 Å². The topological polar surface area (TPSA) is 81.7 Å². The number of aromatic nitrogens is 6. The Morgan fingerprint density at radius 2 is 2.07 bits per heavy atom. The van der Waals surface area contributed by atoms with Crippen LogP contribution in [0, 0.1) is 6.92 Å². The molecule has 0 aliphatic carbocycles. The predicted molar refractivity (Wildman–Crippen MR) is 99.7 cm³/mol. The van der Waals surface area contributed by atoms with Gasteiger partial charge >= 0.3 is 0 Å². The Balaban J connectivity index is 1.62. The summed E-state index contributed by atoms with van der Waals surface area (Å²) < 4.78 is 1.71. The quantitative estimate of drug-likeness (QED) is 0.692. The Labute approximate surface area is 161 Å². The molecule has 1 saturated heterocycles. The number of benzene rings is 1. The second-order valence-electron chi connectivity index (χ2n) is 6.72. The number of carbonyl (C=O) groups is 1. The number of rotatable bonds is 3. The van der Waals surface area contributed by atoms with E-state index in [2.05, 4.69) is 20.5 Å². The van der Waals surface area contributed by atoms with E-state index < -0.39 is 0 Å². The number of tetrazole rings is 1. The van der Waals surface area contributed by atoms with Gasteiger partial charge in [-0.25, -0.2) is 0 Å². The molecule has 27 heavy (non-hydrogen) atoms. The van der Waals surface area contributed by atoms with E-state index >= 15 is 0 Å². The van der Waals surface area contributed by atoms with Crippen LogP contribution >= 0.6 is 11.6 Å². The summed E-state index contributed by atoms with van der Waals surface area (Å²) in [6.45, 7) is 2.58. The molecule has 3 aromatic rings. The maximum Gasteiger partial charge on any atom is 0.274 e. The SMILES string of the molecule is Cc1cc(C(=O)N2CCCCC2c2nnn(-c3cccc(Cl)c3)n2)nn1C. The van der Waals surface area contributed by atoms with Crippen molar-refractivity contribution in [2.24, 2.45) is 7.05 Å². The molecule has 1 aliphatic heterocycles. The summed E-state index contributed by atoms with van der Waals surface area (Å²) >= 11 is 6.05. The molecule has 1 aliphatic rings. The van der Waals surface area contributed by atoms with Crippen LogP contribution in [0.15, 0.2) is 30.3 Å². The monoisotopic (exact) mass is 385 g/mol. The summed E-state index contributed by atoms with van der Waals surface area (Å²) in [5.74, 6) is 0.443. The average molecular weight is 386 g/mol. The first-order valence-corrected chi connectivity index (χ1v) is 9.28. The van der Waals surface area contributed by atoms with E-state index in [9.17, 15) is 4.79 Å². The number of carbonyl (C=O) groups excluding carboxylic acids is 1. The van der Waals surface area contributed by atoms with Crippen LogP contribution in [0.3, 0.4) is 0 Å². The molecule has 1 aromatic carbocycles. The van der Waals surface area contributed by atoms with Gasteiger partial charge in [0.05, 0.1) is 11.7 Å². The van der Waals surface area contributed by atoms with E-state index in [1.54, 1.807) is 16.8 Å². The molecule has 4 rings (SSSR count). The second-order valence-corrected chi connectivity index (χ2v) is 7.16. The molecular formula is C18H20ClN7O. The van der Waals surface area contributed by atoms with Gasteiger partial charge in [0, 0.05) is 24.3 Å². The fraction of sp³-hybridized carbons (Fsp3) is 0.389. The van der Waals surface area contributed by atoms with Crippen LogP contribution < -0.4 is 0 Å². The number of piperidine rings is 1. The summed E-state index contributed by atoms with van der Waals surface area (Å²) in [6.07, 6.45) is 2.77. The highest BCUT2D eigenvalue weighted by molar-refractivity contribution is 6.30. The smallest absolute Gasteiger partial charge is 0.274 e. The van der Waals surface area contributed by atoms with Crippen LogP contribution in [0.5, 0.6) is 0 Å². The molecule has 9 heteroatoms. The van der Waals surface area contributed by atoms with Crippen molar-refractivity contribution in [3.8, 4) is 5.69 Å². The molecule has 1 fully saturated rings. The summed E-state index contributed by atoms with van der Waals surface area (Å²) in [5.41, 5.74) is 2.12. The van der Waals surface area contributed by atoms with Gasteiger partial charge in [-0.05, 0) is 55.7 Å². The first-order chi connectivity index (χ1) is 13.0. The zero-order valence-electron chi connectivity index (χ0n) is 15.2. The molecule has 8 nitrogen and oxygen atoms in total. The van der Waals surface area contributed by atoms with Crippen LogP contribution in [0.2, 0.25) is 5.02 Å². The summed E-state index contributed by atoms with van der Waals surface area (Å²) in [4.78, 5) is 16.3. The van der Waals surface area contributed by atoms with Crippen LogP contribution in [0.25, 0.3) is 5.69 Å². The summed E-state index contributed by atoms with van der Waals surface area (Å²) in [5, 5.41) is 17.8. The second kappa shape index (κ2) is 7.11. The van der Waals surface area contributed by atoms with Gasteiger partial charge in [-0.2, -0.15) is 5.10 Å². The van der Waals surface area contributed by atoms with Crippen molar-refractivity contribution in [2.45, 2.75) is 32.2 Å². The van der Waals surface area contributed by atoms with Gasteiger partial charge in [0.25, 0.3) is 5.91 Å². The molecule has 0 spiro atoms. The minimum absolute atomic E-state index is 0.0949. The number of halogens is 1. The van der Waals surface area contributed by atoms with Gasteiger partial charge in [-0.15, -0.1) is 15.0 Å². The average Bonchev–Trinajstić information content (AvgIpc) is 3.29. The van der Waals surface area contributed by atoms with Gasteiger partial charge in [0.2, 0.25) is 0 Å². The molecular weight excluding hydrogens is 366 g/mol. The Bertz CT molecular complexity index is 960. The number of amides is 1. The Morgan fingerprint density at radius 1 is 1.22 bits per heavy atom. The minimum Gasteiger partial charge on any atom is -0.327 e. The number of hydrogen-bond acceptors (Lipinski definition) is 5. The number of likely N-dealkylation sites (tertiary alicyclic amines) is 1. The van der Waals surface area contributed by atoms with Crippen LogP contribution in [-0.2, 0) is 7.05 Å². The highest BCUT2D eigenvalue weighted by Crippen LogP contribution is 2.30. The number of hydrogen-bond donors (Lipinski definition) is 0. The zero-order valence-corrected chi connectivity index (χ0v) is 16.0. The van der Waals surface area contributed by atoms with Crippen LogP contribution in [-0.4, -0.2) is 47.3 Å². The molecule has 0 bridgehead atoms. The third kappa shape index (κ3) is 3.44. The van der Waals surface area contributed by atoms with Crippen molar-refractivity contribution in [3.63, 3.8) is 0 Å². The van der Waals surface area contributed by atoms with E-state index in [0.717, 1.165) is 30.6 Å². The zero-order chi connectivity index (χ0) is 19.0. The van der Waals surface area contributed by atoms with Gasteiger partial charge in [0.1, 0.15) is 0 Å². The molecule has 140 valence electrons.